The van der Waals surface area contributed by atoms with Gasteiger partial charge in [-0.25, -0.2) is 0 Å². The van der Waals surface area contributed by atoms with Gasteiger partial charge >= 0.3 is 5.97 Å². The van der Waals surface area contributed by atoms with E-state index in [1.54, 1.807) is 0 Å². The summed E-state index contributed by atoms with van der Waals surface area (Å²) in [5.74, 6) is 4.15. The first-order valence-corrected chi connectivity index (χ1v) is 14.3. The summed E-state index contributed by atoms with van der Waals surface area (Å²) in [7, 11) is 0.591. The highest BCUT2D eigenvalue weighted by molar-refractivity contribution is 7.96. The minimum Gasteiger partial charge on any atom is -1.00 e. The highest BCUT2D eigenvalue weighted by Gasteiger charge is 2.16. The summed E-state index contributed by atoms with van der Waals surface area (Å²) in [6.07, 6.45) is 22.7. The quantitative estimate of drug-likeness (QED) is 0.134. The minimum absolute atomic E-state index is 0. The van der Waals surface area contributed by atoms with Crippen LogP contribution in [-0.2, 0) is 20.4 Å². The molecule has 0 aliphatic carbocycles. The number of hydrogen-bond acceptors (Lipinski definition) is 2. The van der Waals surface area contributed by atoms with Gasteiger partial charge in [0.05, 0.1) is 6.61 Å². The van der Waals surface area contributed by atoms with E-state index in [1.807, 2.05) is 6.92 Å². The van der Waals surface area contributed by atoms with Crippen molar-refractivity contribution in [3.63, 3.8) is 0 Å². The zero-order valence-electron chi connectivity index (χ0n) is 20.0. The maximum atomic E-state index is 11.4. The van der Waals surface area contributed by atoms with Crippen LogP contribution in [0.4, 0.5) is 0 Å². The summed E-state index contributed by atoms with van der Waals surface area (Å²) in [6, 6.07) is 0. The second-order valence-electron chi connectivity index (χ2n) is 8.23. The summed E-state index contributed by atoms with van der Waals surface area (Å²) < 4.78 is 5.03. The van der Waals surface area contributed by atoms with Crippen molar-refractivity contribution in [3.8, 4) is 0 Å². The first kappa shape index (κ1) is 31.3. The fourth-order valence-corrected chi connectivity index (χ4v) is 6.14. The lowest BCUT2D eigenvalue weighted by Gasteiger charge is -2.09. The molecule has 0 aromatic carbocycles. The molecule has 0 aromatic rings. The smallest absolute Gasteiger partial charge is 0.305 e. The van der Waals surface area contributed by atoms with Crippen LogP contribution in [0.3, 0.4) is 0 Å². The monoisotopic (exact) mass is 450 g/mol. The van der Waals surface area contributed by atoms with Crippen molar-refractivity contribution in [1.29, 1.82) is 0 Å². The Balaban J connectivity index is 0. The van der Waals surface area contributed by atoms with Crippen molar-refractivity contribution in [3.05, 3.63) is 0 Å². The van der Waals surface area contributed by atoms with Crippen molar-refractivity contribution in [2.24, 2.45) is 0 Å². The lowest BCUT2D eigenvalue weighted by Crippen LogP contribution is -3.00. The molecule has 1 unspecified atom stereocenters. The van der Waals surface area contributed by atoms with E-state index in [1.165, 1.54) is 114 Å². The van der Waals surface area contributed by atoms with Crippen LogP contribution in [0, 0.1) is 0 Å². The number of ether oxygens (including phenoxy) is 1. The lowest BCUT2D eigenvalue weighted by atomic mass is 10.1. The van der Waals surface area contributed by atoms with Crippen LogP contribution in [0.1, 0.15) is 130 Å². The average Bonchev–Trinajstić information content (AvgIpc) is 2.69. The van der Waals surface area contributed by atoms with Crippen LogP contribution in [0.2, 0.25) is 0 Å². The van der Waals surface area contributed by atoms with Crippen molar-refractivity contribution in [1.82, 2.24) is 0 Å². The van der Waals surface area contributed by atoms with Gasteiger partial charge in [0.25, 0.3) is 0 Å². The van der Waals surface area contributed by atoms with Gasteiger partial charge in [-0.3, -0.25) is 4.79 Å². The second-order valence-corrected chi connectivity index (χ2v) is 10.7. The van der Waals surface area contributed by atoms with E-state index in [0.717, 1.165) is 6.42 Å². The van der Waals surface area contributed by atoms with Gasteiger partial charge in [0.1, 0.15) is 17.3 Å². The Morgan fingerprint density at radius 3 is 1.48 bits per heavy atom. The van der Waals surface area contributed by atoms with Gasteiger partial charge in [0, 0.05) is 6.42 Å². The maximum Gasteiger partial charge on any atom is 0.305 e. The van der Waals surface area contributed by atoms with Gasteiger partial charge in [-0.05, 0) is 49.9 Å². The standard InChI is InChI=1S/C25H51O2S.ClH/c1-4-7-9-10-11-12-13-14-15-16-17-19-23-28(22-8-5-2)24-20-18-21-25(26)27-6-3;/h4-24H2,1-3H3;1H/q+1;/p-1. The highest BCUT2D eigenvalue weighted by atomic mass is 35.5. The van der Waals surface area contributed by atoms with E-state index in [9.17, 15) is 4.79 Å². The zero-order chi connectivity index (χ0) is 20.7. The zero-order valence-corrected chi connectivity index (χ0v) is 21.5. The molecule has 0 aliphatic rings. The molecule has 0 heterocycles. The molecule has 0 N–H and O–H groups in total. The average molecular weight is 451 g/mol. The van der Waals surface area contributed by atoms with Crippen molar-refractivity contribution < 1.29 is 21.9 Å². The molecule has 0 rings (SSSR count). The molecular formula is C25H51ClO2S. The van der Waals surface area contributed by atoms with Crippen LogP contribution in [0.15, 0.2) is 0 Å². The lowest BCUT2D eigenvalue weighted by molar-refractivity contribution is -0.143. The molecule has 2 nitrogen and oxygen atoms in total. The largest absolute Gasteiger partial charge is 1.00 e. The van der Waals surface area contributed by atoms with Gasteiger partial charge < -0.3 is 17.1 Å². The molecule has 0 aromatic heterocycles. The molecule has 0 saturated carbocycles. The number of carbonyl (C=O) groups is 1. The third-order valence-corrected chi connectivity index (χ3v) is 8.04. The highest BCUT2D eigenvalue weighted by Crippen LogP contribution is 2.14. The van der Waals surface area contributed by atoms with Gasteiger partial charge in [-0.2, -0.15) is 0 Å². The minimum atomic E-state index is -0.0168. The Kier molecular flexibility index (Phi) is 28.2. The third-order valence-electron chi connectivity index (χ3n) is 5.44. The van der Waals surface area contributed by atoms with Crippen LogP contribution in [0.5, 0.6) is 0 Å². The van der Waals surface area contributed by atoms with Crippen LogP contribution in [0.25, 0.3) is 0 Å². The Morgan fingerprint density at radius 1 is 0.586 bits per heavy atom. The van der Waals surface area contributed by atoms with Crippen LogP contribution >= 0.6 is 0 Å². The summed E-state index contributed by atoms with van der Waals surface area (Å²) >= 11 is 0. The van der Waals surface area contributed by atoms with E-state index in [4.69, 9.17) is 4.74 Å². The Hall–Kier alpha value is 0.110. The van der Waals surface area contributed by atoms with Crippen molar-refractivity contribution in [2.45, 2.75) is 130 Å². The molecule has 0 bridgehead atoms. The van der Waals surface area contributed by atoms with Crippen molar-refractivity contribution >= 4 is 16.9 Å². The molecule has 0 radical (unpaired) electrons. The van der Waals surface area contributed by atoms with Gasteiger partial charge in [0.2, 0.25) is 0 Å². The molecule has 0 amide bonds. The SMILES string of the molecule is CCCCCCCCCCCCCC[S+](CCCC)CCCCC(=O)OCC.[Cl-]. The number of hydrogen-bond donors (Lipinski definition) is 0. The number of halogens is 1. The molecule has 0 fully saturated rings. The van der Waals surface area contributed by atoms with Crippen molar-refractivity contribution in [2.75, 3.05) is 23.9 Å². The van der Waals surface area contributed by atoms with Crippen LogP contribution in [-0.4, -0.2) is 29.8 Å². The molecule has 29 heavy (non-hydrogen) atoms. The summed E-state index contributed by atoms with van der Waals surface area (Å²) in [6.45, 7) is 6.98. The van der Waals surface area contributed by atoms with Gasteiger partial charge in [-0.1, -0.05) is 84.5 Å². The fraction of sp³-hybridized carbons (Fsp3) is 0.960. The molecule has 0 spiro atoms. The van der Waals surface area contributed by atoms with E-state index >= 15 is 0 Å². The fourth-order valence-electron chi connectivity index (χ4n) is 3.61. The molecular weight excluding hydrogens is 400 g/mol. The topological polar surface area (TPSA) is 26.3 Å². The molecule has 1 atom stereocenters. The van der Waals surface area contributed by atoms with Crippen LogP contribution < -0.4 is 12.4 Å². The molecule has 0 saturated heterocycles. The third kappa shape index (κ3) is 24.3. The predicted octanol–water partition coefficient (Wildman–Crippen LogP) is 4.84. The Morgan fingerprint density at radius 2 is 1.00 bits per heavy atom. The first-order valence-electron chi connectivity index (χ1n) is 12.5. The van der Waals surface area contributed by atoms with E-state index in [2.05, 4.69) is 13.8 Å². The van der Waals surface area contributed by atoms with E-state index in [-0.39, 0.29) is 18.4 Å². The summed E-state index contributed by atoms with van der Waals surface area (Å²) in [5, 5.41) is 0. The number of rotatable bonds is 22. The predicted molar refractivity (Wildman–Crippen MR) is 128 cm³/mol. The normalized spacial score (nSPS) is 11.8. The molecule has 0 aliphatic heterocycles. The number of carbonyl (C=O) groups excluding carboxylic acids is 1. The maximum absolute atomic E-state index is 11.4. The summed E-state index contributed by atoms with van der Waals surface area (Å²) in [4.78, 5) is 11.4. The van der Waals surface area contributed by atoms with Gasteiger partial charge in [-0.15, -0.1) is 0 Å². The summed E-state index contributed by atoms with van der Waals surface area (Å²) in [5.41, 5.74) is 0. The number of esters is 1. The Bertz CT molecular complexity index is 326. The van der Waals surface area contributed by atoms with E-state index in [0.29, 0.717) is 23.9 Å². The van der Waals surface area contributed by atoms with Gasteiger partial charge in [0.15, 0.2) is 0 Å². The van der Waals surface area contributed by atoms with E-state index < -0.39 is 0 Å². The first-order chi connectivity index (χ1) is 13.7. The molecule has 176 valence electrons. The second kappa shape index (κ2) is 26.1. The Labute approximate surface area is 192 Å². The molecule has 4 heteroatoms. The number of unbranched alkanes of at least 4 members (excludes halogenated alkanes) is 13.